The van der Waals surface area contributed by atoms with Crippen LogP contribution < -0.4 is 19.6 Å². The zero-order chi connectivity index (χ0) is 21.3. The Balaban J connectivity index is 1.98. The summed E-state index contributed by atoms with van der Waals surface area (Å²) in [7, 11) is 1.58. The van der Waals surface area contributed by atoms with Crippen molar-refractivity contribution in [1.29, 1.82) is 0 Å². The zero-order valence-corrected chi connectivity index (χ0v) is 18.4. The normalized spacial score (nSPS) is 16.2. The molecule has 0 radical (unpaired) electrons. The van der Waals surface area contributed by atoms with Crippen molar-refractivity contribution in [2.45, 2.75) is 19.9 Å². The second-order valence-electron chi connectivity index (χ2n) is 6.64. The molecule has 6 nitrogen and oxygen atoms in total. The van der Waals surface area contributed by atoms with Crippen molar-refractivity contribution in [2.75, 3.05) is 13.7 Å². The van der Waals surface area contributed by atoms with Crippen LogP contribution >= 0.6 is 22.7 Å². The maximum absolute atomic E-state index is 13.4. The van der Waals surface area contributed by atoms with Crippen LogP contribution in [0.15, 0.2) is 62.1 Å². The number of hydrogen-bond donors (Lipinski definition) is 0. The highest BCUT2D eigenvalue weighted by Crippen LogP contribution is 2.32. The minimum atomic E-state index is -0.639. The highest BCUT2D eigenvalue weighted by molar-refractivity contribution is 7.08. The first-order chi connectivity index (χ1) is 14.5. The number of fused-ring (bicyclic) bond motifs is 1. The minimum Gasteiger partial charge on any atom is -0.497 e. The first kappa shape index (κ1) is 20.3. The molecular formula is C22H20N2O4S2. The summed E-state index contributed by atoms with van der Waals surface area (Å²) in [5.74, 6) is 0.171. The quantitative estimate of drug-likeness (QED) is 0.572. The Hall–Kier alpha value is -2.97. The van der Waals surface area contributed by atoms with E-state index in [0.717, 1.165) is 11.1 Å². The van der Waals surface area contributed by atoms with Gasteiger partial charge in [0.25, 0.3) is 5.56 Å². The lowest BCUT2D eigenvalue weighted by molar-refractivity contribution is -0.139. The topological polar surface area (TPSA) is 69.9 Å². The first-order valence-electron chi connectivity index (χ1n) is 9.39. The average Bonchev–Trinajstić information content (AvgIpc) is 3.35. The third-order valence-corrected chi connectivity index (χ3v) is 6.45. The molecule has 0 saturated carbocycles. The first-order valence-corrected chi connectivity index (χ1v) is 11.1. The van der Waals surface area contributed by atoms with Crippen molar-refractivity contribution >= 4 is 34.7 Å². The summed E-state index contributed by atoms with van der Waals surface area (Å²) in [6.07, 6.45) is 1.85. The van der Waals surface area contributed by atoms with Crippen LogP contribution in [0.4, 0.5) is 0 Å². The number of allylic oxidation sites excluding steroid dienone is 1. The van der Waals surface area contributed by atoms with E-state index in [0.29, 0.717) is 26.4 Å². The molecule has 3 heterocycles. The number of thiazole rings is 1. The highest BCUT2D eigenvalue weighted by Gasteiger charge is 2.33. The molecule has 1 atom stereocenters. The molecular weight excluding hydrogens is 420 g/mol. The molecule has 3 aromatic rings. The Morgan fingerprint density at radius 2 is 2.17 bits per heavy atom. The molecule has 0 spiro atoms. The Labute approximate surface area is 181 Å². The number of rotatable bonds is 5. The van der Waals surface area contributed by atoms with Gasteiger partial charge in [-0.05, 0) is 60.0 Å². The fraction of sp³-hybridized carbons (Fsp3) is 0.227. The van der Waals surface area contributed by atoms with Crippen molar-refractivity contribution < 1.29 is 14.3 Å². The lowest BCUT2D eigenvalue weighted by atomic mass is 9.95. The standard InChI is InChI=1S/C22H20N2O4S2/c1-4-28-21(26)18-13(2)23-22-24(19(18)15-6-5-7-16(11-15)27-3)20(25)17(30-22)10-14-8-9-29-12-14/h5-12,19H,4H2,1-3H3. The molecule has 0 aliphatic carbocycles. The number of hydrogen-bond acceptors (Lipinski definition) is 7. The van der Waals surface area contributed by atoms with Gasteiger partial charge in [0.1, 0.15) is 5.75 Å². The van der Waals surface area contributed by atoms with Crippen molar-refractivity contribution in [3.63, 3.8) is 0 Å². The molecule has 0 amide bonds. The van der Waals surface area contributed by atoms with Gasteiger partial charge < -0.3 is 9.47 Å². The Kier molecular flexibility index (Phi) is 5.69. The predicted octanol–water partition coefficient (Wildman–Crippen LogP) is 2.87. The number of ether oxygens (including phenoxy) is 2. The van der Waals surface area contributed by atoms with E-state index in [2.05, 4.69) is 4.99 Å². The molecule has 1 aliphatic heterocycles. The Morgan fingerprint density at radius 1 is 1.33 bits per heavy atom. The number of aromatic nitrogens is 1. The van der Waals surface area contributed by atoms with Crippen LogP contribution in [-0.2, 0) is 9.53 Å². The lowest BCUT2D eigenvalue weighted by Gasteiger charge is -2.24. The van der Waals surface area contributed by atoms with E-state index < -0.39 is 12.0 Å². The average molecular weight is 441 g/mol. The van der Waals surface area contributed by atoms with Gasteiger partial charge in [-0.2, -0.15) is 11.3 Å². The molecule has 1 aliphatic rings. The molecule has 30 heavy (non-hydrogen) atoms. The molecule has 0 fully saturated rings. The summed E-state index contributed by atoms with van der Waals surface area (Å²) in [5.41, 5.74) is 2.44. The van der Waals surface area contributed by atoms with Crippen LogP contribution in [0.1, 0.15) is 31.0 Å². The number of nitrogens with zero attached hydrogens (tertiary/aromatic N) is 2. The second-order valence-corrected chi connectivity index (χ2v) is 8.42. The van der Waals surface area contributed by atoms with Crippen molar-refractivity contribution in [2.24, 2.45) is 4.99 Å². The van der Waals surface area contributed by atoms with Gasteiger partial charge >= 0.3 is 5.97 Å². The maximum atomic E-state index is 13.4. The smallest absolute Gasteiger partial charge is 0.338 e. The predicted molar refractivity (Wildman–Crippen MR) is 118 cm³/mol. The number of methoxy groups -OCH3 is 1. The van der Waals surface area contributed by atoms with Gasteiger partial charge in [0.05, 0.1) is 35.6 Å². The largest absolute Gasteiger partial charge is 0.497 e. The van der Waals surface area contributed by atoms with Gasteiger partial charge in [-0.1, -0.05) is 23.5 Å². The summed E-state index contributed by atoms with van der Waals surface area (Å²) < 4.78 is 12.8. The third kappa shape index (κ3) is 3.64. The lowest BCUT2D eigenvalue weighted by Crippen LogP contribution is -2.39. The molecule has 0 saturated heterocycles. The van der Waals surface area contributed by atoms with E-state index in [-0.39, 0.29) is 12.2 Å². The molecule has 4 rings (SSSR count). The summed E-state index contributed by atoms with van der Waals surface area (Å²) in [6, 6.07) is 8.69. The van der Waals surface area contributed by atoms with Crippen LogP contribution in [-0.4, -0.2) is 24.3 Å². The van der Waals surface area contributed by atoms with E-state index in [1.807, 2.05) is 47.2 Å². The molecule has 0 bridgehead atoms. The van der Waals surface area contributed by atoms with Gasteiger partial charge in [-0.3, -0.25) is 9.36 Å². The molecule has 154 valence electrons. The van der Waals surface area contributed by atoms with Crippen LogP contribution in [0.2, 0.25) is 0 Å². The summed E-state index contributed by atoms with van der Waals surface area (Å²) in [4.78, 5) is 31.4. The van der Waals surface area contributed by atoms with Crippen LogP contribution in [0.5, 0.6) is 5.75 Å². The zero-order valence-electron chi connectivity index (χ0n) is 16.7. The monoisotopic (exact) mass is 440 g/mol. The number of carbonyl (C=O) groups is 1. The highest BCUT2D eigenvalue weighted by atomic mass is 32.1. The summed E-state index contributed by atoms with van der Waals surface area (Å²) in [6.45, 7) is 3.77. The van der Waals surface area contributed by atoms with Gasteiger partial charge in [0.15, 0.2) is 4.80 Å². The fourth-order valence-electron chi connectivity index (χ4n) is 3.43. The second kappa shape index (κ2) is 8.41. The van der Waals surface area contributed by atoms with Gasteiger partial charge in [-0.15, -0.1) is 0 Å². The van der Waals surface area contributed by atoms with Crippen LogP contribution in [0.3, 0.4) is 0 Å². The van der Waals surface area contributed by atoms with Crippen molar-refractivity contribution in [3.05, 3.63) is 83.2 Å². The van der Waals surface area contributed by atoms with E-state index in [1.54, 1.807) is 36.9 Å². The fourth-order valence-corrected chi connectivity index (χ4v) is 5.09. The number of benzene rings is 1. The summed E-state index contributed by atoms with van der Waals surface area (Å²) >= 11 is 2.88. The van der Waals surface area contributed by atoms with Gasteiger partial charge in [0, 0.05) is 0 Å². The van der Waals surface area contributed by atoms with E-state index in [4.69, 9.17) is 9.47 Å². The Morgan fingerprint density at radius 3 is 2.87 bits per heavy atom. The molecule has 8 heteroatoms. The van der Waals surface area contributed by atoms with Gasteiger partial charge in [0.2, 0.25) is 0 Å². The SMILES string of the molecule is CCOC(=O)C1=C(C)N=c2sc(=Cc3ccsc3)c(=O)n2C1c1cccc(OC)c1. The van der Waals surface area contributed by atoms with E-state index >= 15 is 0 Å². The number of esters is 1. The Bertz CT molecular complexity index is 1300. The van der Waals surface area contributed by atoms with E-state index in [1.165, 1.54) is 11.3 Å². The van der Waals surface area contributed by atoms with Crippen molar-refractivity contribution in [1.82, 2.24) is 4.57 Å². The molecule has 2 aromatic heterocycles. The van der Waals surface area contributed by atoms with Crippen LogP contribution in [0, 0.1) is 0 Å². The van der Waals surface area contributed by atoms with E-state index in [9.17, 15) is 9.59 Å². The summed E-state index contributed by atoms with van der Waals surface area (Å²) in [5, 5.41) is 3.94. The third-order valence-electron chi connectivity index (χ3n) is 4.77. The number of carbonyl (C=O) groups excluding carboxylic acids is 1. The van der Waals surface area contributed by atoms with Crippen LogP contribution in [0.25, 0.3) is 6.08 Å². The molecule has 1 aromatic carbocycles. The minimum absolute atomic E-state index is 0.188. The molecule has 1 unspecified atom stereocenters. The molecule has 0 N–H and O–H groups in total. The maximum Gasteiger partial charge on any atom is 0.338 e. The van der Waals surface area contributed by atoms with Crippen molar-refractivity contribution in [3.8, 4) is 5.75 Å². The van der Waals surface area contributed by atoms with Gasteiger partial charge in [-0.25, -0.2) is 9.79 Å². The number of thiophene rings is 1.